The van der Waals surface area contributed by atoms with Crippen LogP contribution in [0.3, 0.4) is 0 Å². The SMILES string of the molecule is O=C(N[C@H](Cc1c[nH]c2ccccc12)C(=O)N/N=C\c1cccc([N+](=O)[O-])c1)OCc1ccccc1. The van der Waals surface area contributed by atoms with Crippen LogP contribution >= 0.6 is 0 Å². The number of alkyl carbamates (subject to hydrolysis) is 1. The van der Waals surface area contributed by atoms with Crippen molar-refractivity contribution in [1.82, 2.24) is 15.7 Å². The third-order valence-electron chi connectivity index (χ3n) is 5.39. The van der Waals surface area contributed by atoms with E-state index in [1.807, 2.05) is 54.6 Å². The summed E-state index contributed by atoms with van der Waals surface area (Å²) in [5.41, 5.74) is 5.29. The maximum atomic E-state index is 13.0. The zero-order valence-corrected chi connectivity index (χ0v) is 19.1. The Morgan fingerprint density at radius 1 is 1.06 bits per heavy atom. The summed E-state index contributed by atoms with van der Waals surface area (Å²) in [5, 5.41) is 18.4. The smallest absolute Gasteiger partial charge is 0.408 e. The molecule has 4 rings (SSSR count). The zero-order chi connectivity index (χ0) is 25.3. The van der Waals surface area contributed by atoms with E-state index >= 15 is 0 Å². The first-order chi connectivity index (χ1) is 17.5. The number of nitro benzene ring substituents is 1. The van der Waals surface area contributed by atoms with Gasteiger partial charge in [-0.05, 0) is 17.2 Å². The van der Waals surface area contributed by atoms with Crippen molar-refractivity contribution in [3.8, 4) is 0 Å². The van der Waals surface area contributed by atoms with E-state index in [4.69, 9.17) is 4.74 Å². The largest absolute Gasteiger partial charge is 0.445 e. The number of amides is 2. The van der Waals surface area contributed by atoms with Gasteiger partial charge in [0.05, 0.1) is 11.1 Å². The van der Waals surface area contributed by atoms with Gasteiger partial charge in [-0.15, -0.1) is 0 Å². The predicted octanol–water partition coefficient (Wildman–Crippen LogP) is 4.06. The number of fused-ring (bicyclic) bond motifs is 1. The van der Waals surface area contributed by atoms with E-state index in [1.54, 1.807) is 12.3 Å². The van der Waals surface area contributed by atoms with E-state index in [0.29, 0.717) is 5.56 Å². The summed E-state index contributed by atoms with van der Waals surface area (Å²) in [6.07, 6.45) is 2.51. The fraction of sp³-hybridized carbons (Fsp3) is 0.115. The molecule has 3 aromatic carbocycles. The summed E-state index contributed by atoms with van der Waals surface area (Å²) in [5.74, 6) is -0.571. The van der Waals surface area contributed by atoms with E-state index in [1.165, 1.54) is 24.4 Å². The van der Waals surface area contributed by atoms with Crippen molar-refractivity contribution >= 4 is 34.8 Å². The van der Waals surface area contributed by atoms with Gasteiger partial charge in [-0.25, -0.2) is 10.2 Å². The van der Waals surface area contributed by atoms with Gasteiger partial charge in [0.2, 0.25) is 0 Å². The van der Waals surface area contributed by atoms with Crippen LogP contribution in [-0.2, 0) is 22.6 Å². The lowest BCUT2D eigenvalue weighted by Crippen LogP contribution is -2.47. The normalized spacial score (nSPS) is 11.8. The van der Waals surface area contributed by atoms with E-state index in [0.717, 1.165) is 22.0 Å². The average Bonchev–Trinajstić information content (AvgIpc) is 3.30. The highest BCUT2D eigenvalue weighted by Crippen LogP contribution is 2.19. The molecule has 0 radical (unpaired) electrons. The summed E-state index contributed by atoms with van der Waals surface area (Å²) in [7, 11) is 0. The molecule has 0 aliphatic heterocycles. The number of carbonyl (C=O) groups excluding carboxylic acids is 2. The molecule has 36 heavy (non-hydrogen) atoms. The van der Waals surface area contributed by atoms with Crippen molar-refractivity contribution < 1.29 is 19.2 Å². The Morgan fingerprint density at radius 3 is 2.64 bits per heavy atom. The average molecular weight is 486 g/mol. The monoisotopic (exact) mass is 485 g/mol. The number of carbonyl (C=O) groups is 2. The number of rotatable bonds is 9. The maximum Gasteiger partial charge on any atom is 0.408 e. The molecule has 10 heteroatoms. The molecule has 0 fully saturated rings. The molecule has 182 valence electrons. The molecule has 0 unspecified atom stereocenters. The first-order valence-electron chi connectivity index (χ1n) is 11.1. The molecule has 0 spiro atoms. The van der Waals surface area contributed by atoms with Crippen molar-refractivity contribution in [2.75, 3.05) is 0 Å². The quantitative estimate of drug-likeness (QED) is 0.186. The summed E-state index contributed by atoms with van der Waals surface area (Å²) >= 11 is 0. The van der Waals surface area contributed by atoms with Gasteiger partial charge >= 0.3 is 6.09 Å². The Kier molecular flexibility index (Phi) is 7.66. The molecule has 0 saturated carbocycles. The summed E-state index contributed by atoms with van der Waals surface area (Å²) in [6.45, 7) is 0.0546. The number of aromatic amines is 1. The number of hydrazone groups is 1. The van der Waals surface area contributed by atoms with Gasteiger partial charge in [-0.2, -0.15) is 5.10 Å². The van der Waals surface area contributed by atoms with Crippen molar-refractivity contribution in [2.45, 2.75) is 19.1 Å². The summed E-state index contributed by atoms with van der Waals surface area (Å²) in [6, 6.07) is 21.6. The van der Waals surface area contributed by atoms with E-state index in [-0.39, 0.29) is 18.7 Å². The molecule has 3 N–H and O–H groups in total. The van der Waals surface area contributed by atoms with Gasteiger partial charge in [0.25, 0.3) is 11.6 Å². The van der Waals surface area contributed by atoms with Crippen LogP contribution < -0.4 is 10.7 Å². The highest BCUT2D eigenvalue weighted by atomic mass is 16.6. The number of nitrogens with zero attached hydrogens (tertiary/aromatic N) is 2. The summed E-state index contributed by atoms with van der Waals surface area (Å²) in [4.78, 5) is 39.1. The highest BCUT2D eigenvalue weighted by Gasteiger charge is 2.23. The third kappa shape index (κ3) is 6.32. The van der Waals surface area contributed by atoms with Crippen LogP contribution in [0.15, 0.2) is 90.2 Å². The maximum absolute atomic E-state index is 13.0. The van der Waals surface area contributed by atoms with Crippen LogP contribution in [-0.4, -0.2) is 34.2 Å². The lowest BCUT2D eigenvalue weighted by Gasteiger charge is -2.17. The topological polar surface area (TPSA) is 139 Å². The minimum atomic E-state index is -0.991. The van der Waals surface area contributed by atoms with Crippen molar-refractivity contribution in [1.29, 1.82) is 0 Å². The van der Waals surface area contributed by atoms with Gasteiger partial charge in [0, 0.05) is 41.2 Å². The molecule has 0 saturated heterocycles. The fourth-order valence-electron chi connectivity index (χ4n) is 3.60. The second-order valence-corrected chi connectivity index (χ2v) is 7.91. The van der Waals surface area contributed by atoms with Gasteiger partial charge in [0.15, 0.2) is 0 Å². The van der Waals surface area contributed by atoms with E-state index < -0.39 is 23.0 Å². The first-order valence-corrected chi connectivity index (χ1v) is 11.1. The van der Waals surface area contributed by atoms with Crippen LogP contribution in [0.5, 0.6) is 0 Å². The molecule has 1 heterocycles. The van der Waals surface area contributed by atoms with Crippen molar-refractivity contribution in [3.05, 3.63) is 112 Å². The van der Waals surface area contributed by atoms with Gasteiger partial charge in [-0.3, -0.25) is 14.9 Å². The number of hydrogen-bond donors (Lipinski definition) is 3. The lowest BCUT2D eigenvalue weighted by atomic mass is 10.0. The number of para-hydroxylation sites is 1. The van der Waals surface area contributed by atoms with Crippen LogP contribution in [0.4, 0.5) is 10.5 Å². The number of ether oxygens (including phenoxy) is 1. The molecule has 0 aliphatic carbocycles. The second-order valence-electron chi connectivity index (χ2n) is 7.91. The number of hydrogen-bond acceptors (Lipinski definition) is 6. The lowest BCUT2D eigenvalue weighted by molar-refractivity contribution is -0.384. The Labute approximate surface area is 206 Å². The standard InChI is InChI=1S/C26H23N5O5/c32-25(30-28-15-19-9-6-10-21(13-19)31(34)35)24(14-20-16-27-23-12-5-4-11-22(20)23)29-26(33)36-17-18-7-2-1-3-8-18/h1-13,15-16,24,27H,14,17H2,(H,29,33)(H,30,32)/b28-15-/t24-/m1/s1. The molecule has 0 aliphatic rings. The van der Waals surface area contributed by atoms with Crippen molar-refractivity contribution in [3.63, 3.8) is 0 Å². The molecular weight excluding hydrogens is 462 g/mol. The first kappa shape index (κ1) is 24.1. The number of nitrogens with one attached hydrogen (secondary N) is 3. The number of nitro groups is 1. The highest BCUT2D eigenvalue weighted by molar-refractivity contribution is 5.89. The molecule has 1 atom stereocenters. The second kappa shape index (κ2) is 11.4. The number of non-ortho nitro benzene ring substituents is 1. The van der Waals surface area contributed by atoms with Crippen molar-refractivity contribution in [2.24, 2.45) is 5.10 Å². The number of benzene rings is 3. The Morgan fingerprint density at radius 2 is 1.83 bits per heavy atom. The Hall–Kier alpha value is -4.99. The molecule has 4 aromatic rings. The Bertz CT molecular complexity index is 1400. The molecule has 10 nitrogen and oxygen atoms in total. The van der Waals surface area contributed by atoms with Gasteiger partial charge < -0.3 is 15.0 Å². The van der Waals surface area contributed by atoms with E-state index in [9.17, 15) is 19.7 Å². The molecule has 2 amide bonds. The number of aromatic nitrogens is 1. The number of H-pyrrole nitrogens is 1. The minimum Gasteiger partial charge on any atom is -0.445 e. The molecule has 1 aromatic heterocycles. The molecule has 0 bridgehead atoms. The predicted molar refractivity (Wildman–Crippen MR) is 134 cm³/mol. The zero-order valence-electron chi connectivity index (χ0n) is 19.1. The Balaban J connectivity index is 1.46. The summed E-state index contributed by atoms with van der Waals surface area (Å²) < 4.78 is 5.28. The van der Waals surface area contributed by atoms with Crippen LogP contribution in [0.1, 0.15) is 16.7 Å². The van der Waals surface area contributed by atoms with Crippen LogP contribution in [0, 0.1) is 10.1 Å². The third-order valence-corrected chi connectivity index (χ3v) is 5.39. The minimum absolute atomic E-state index is 0.0546. The van der Waals surface area contributed by atoms with Crippen LogP contribution in [0.2, 0.25) is 0 Å². The fourth-order valence-corrected chi connectivity index (χ4v) is 3.60. The van der Waals surface area contributed by atoms with E-state index in [2.05, 4.69) is 20.8 Å². The van der Waals surface area contributed by atoms with Crippen LogP contribution in [0.25, 0.3) is 10.9 Å². The van der Waals surface area contributed by atoms with Gasteiger partial charge in [0.1, 0.15) is 12.6 Å². The molecular formula is C26H23N5O5. The van der Waals surface area contributed by atoms with Gasteiger partial charge in [-0.1, -0.05) is 60.7 Å².